The van der Waals surface area contributed by atoms with Crippen LogP contribution in [-0.4, -0.2) is 24.9 Å². The first-order valence-corrected chi connectivity index (χ1v) is 8.56. The van der Waals surface area contributed by atoms with Crippen LogP contribution in [0.5, 0.6) is 11.5 Å². The van der Waals surface area contributed by atoms with Crippen LogP contribution in [0.2, 0.25) is 0 Å². The minimum Gasteiger partial charge on any atom is -0.486 e. The van der Waals surface area contributed by atoms with E-state index in [0.29, 0.717) is 43.2 Å². The van der Waals surface area contributed by atoms with Gasteiger partial charge < -0.3 is 14.8 Å². The van der Waals surface area contributed by atoms with Crippen LogP contribution in [0.25, 0.3) is 0 Å². The molecular weight excluding hydrogens is 337 g/mol. The molecular formula is C20H20FNO4. The Kier molecular flexibility index (Phi) is 5.84. The van der Waals surface area contributed by atoms with Crippen molar-refractivity contribution < 1.29 is 23.5 Å². The zero-order chi connectivity index (χ0) is 18.4. The molecule has 0 bridgehead atoms. The Morgan fingerprint density at radius 2 is 1.69 bits per heavy atom. The zero-order valence-corrected chi connectivity index (χ0v) is 14.3. The first-order chi connectivity index (χ1) is 12.6. The van der Waals surface area contributed by atoms with E-state index in [1.54, 1.807) is 30.3 Å². The minimum atomic E-state index is -0.308. The fraction of sp³-hybridized carbons (Fsp3) is 0.300. The van der Waals surface area contributed by atoms with Gasteiger partial charge in [0.1, 0.15) is 19.0 Å². The van der Waals surface area contributed by atoms with Crippen molar-refractivity contribution in [1.82, 2.24) is 5.32 Å². The third-order valence-corrected chi connectivity index (χ3v) is 4.07. The molecule has 1 N–H and O–H groups in total. The van der Waals surface area contributed by atoms with Gasteiger partial charge >= 0.3 is 0 Å². The Balaban J connectivity index is 1.41. The maximum Gasteiger partial charge on any atom is 0.220 e. The van der Waals surface area contributed by atoms with E-state index in [4.69, 9.17) is 9.47 Å². The van der Waals surface area contributed by atoms with E-state index in [0.717, 1.165) is 5.56 Å². The van der Waals surface area contributed by atoms with E-state index in [1.807, 2.05) is 0 Å². The number of hydrogen-bond donors (Lipinski definition) is 1. The number of ketones is 1. The topological polar surface area (TPSA) is 64.6 Å². The zero-order valence-electron chi connectivity index (χ0n) is 14.3. The van der Waals surface area contributed by atoms with Crippen molar-refractivity contribution in [2.24, 2.45) is 0 Å². The number of benzene rings is 2. The van der Waals surface area contributed by atoms with Gasteiger partial charge in [0.05, 0.1) is 0 Å². The lowest BCUT2D eigenvalue weighted by atomic mass is 10.0. The smallest absolute Gasteiger partial charge is 0.220 e. The minimum absolute atomic E-state index is 0.0340. The summed E-state index contributed by atoms with van der Waals surface area (Å²) in [7, 11) is 0. The number of carbonyl (C=O) groups excluding carboxylic acids is 2. The Hall–Kier alpha value is -2.89. The van der Waals surface area contributed by atoms with Crippen LogP contribution in [0.1, 0.15) is 35.2 Å². The third-order valence-electron chi connectivity index (χ3n) is 4.07. The van der Waals surface area contributed by atoms with Crippen molar-refractivity contribution in [3.8, 4) is 11.5 Å². The van der Waals surface area contributed by atoms with Gasteiger partial charge in [-0.05, 0) is 42.3 Å². The molecule has 0 fully saturated rings. The molecule has 1 heterocycles. The van der Waals surface area contributed by atoms with Crippen molar-refractivity contribution in [3.63, 3.8) is 0 Å². The quantitative estimate of drug-likeness (QED) is 0.773. The highest BCUT2D eigenvalue weighted by atomic mass is 19.1. The predicted octanol–water partition coefficient (Wildman–Crippen LogP) is 3.27. The summed E-state index contributed by atoms with van der Waals surface area (Å²) in [4.78, 5) is 24.1. The highest BCUT2D eigenvalue weighted by molar-refractivity contribution is 5.96. The SMILES string of the molecule is O=C(CCCC(=O)c1ccc2c(c1)OCCO2)NCc1ccc(F)cc1. The number of ether oxygens (including phenoxy) is 2. The van der Waals surface area contributed by atoms with Gasteiger partial charge in [0, 0.05) is 24.9 Å². The molecule has 0 radical (unpaired) electrons. The number of carbonyl (C=O) groups is 2. The van der Waals surface area contributed by atoms with E-state index >= 15 is 0 Å². The molecule has 0 aromatic heterocycles. The van der Waals surface area contributed by atoms with Gasteiger partial charge in [-0.15, -0.1) is 0 Å². The van der Waals surface area contributed by atoms with Crippen LogP contribution in [0.3, 0.4) is 0 Å². The molecule has 1 aliphatic heterocycles. The van der Waals surface area contributed by atoms with Gasteiger partial charge in [0.15, 0.2) is 17.3 Å². The predicted molar refractivity (Wildman–Crippen MR) is 93.9 cm³/mol. The van der Waals surface area contributed by atoms with Crippen molar-refractivity contribution in [2.75, 3.05) is 13.2 Å². The molecule has 0 unspecified atom stereocenters. The Bertz CT molecular complexity index is 789. The molecule has 0 aliphatic carbocycles. The van der Waals surface area contributed by atoms with Crippen molar-refractivity contribution in [2.45, 2.75) is 25.8 Å². The lowest BCUT2D eigenvalue weighted by Gasteiger charge is -2.18. The van der Waals surface area contributed by atoms with Gasteiger partial charge in [0.2, 0.25) is 5.91 Å². The molecule has 2 aromatic carbocycles. The highest BCUT2D eigenvalue weighted by Crippen LogP contribution is 2.31. The molecule has 6 heteroatoms. The fourth-order valence-electron chi connectivity index (χ4n) is 2.66. The van der Waals surface area contributed by atoms with Crippen molar-refractivity contribution in [3.05, 3.63) is 59.4 Å². The van der Waals surface area contributed by atoms with Crippen molar-refractivity contribution >= 4 is 11.7 Å². The molecule has 1 amide bonds. The second kappa shape index (κ2) is 8.47. The Morgan fingerprint density at radius 3 is 2.46 bits per heavy atom. The van der Waals surface area contributed by atoms with E-state index in [9.17, 15) is 14.0 Å². The van der Waals surface area contributed by atoms with Crippen LogP contribution < -0.4 is 14.8 Å². The summed E-state index contributed by atoms with van der Waals surface area (Å²) in [6, 6.07) is 11.1. The van der Waals surface area contributed by atoms with Crippen LogP contribution in [0.4, 0.5) is 4.39 Å². The molecule has 1 aliphatic rings. The number of hydrogen-bond acceptors (Lipinski definition) is 4. The first-order valence-electron chi connectivity index (χ1n) is 8.56. The summed E-state index contributed by atoms with van der Waals surface area (Å²) in [5, 5.41) is 2.76. The number of rotatable bonds is 7. The number of halogens is 1. The van der Waals surface area contributed by atoms with E-state index in [-0.39, 0.29) is 30.3 Å². The van der Waals surface area contributed by atoms with Crippen LogP contribution in [0.15, 0.2) is 42.5 Å². The van der Waals surface area contributed by atoms with Gasteiger partial charge in [0.25, 0.3) is 0 Å². The molecule has 136 valence electrons. The summed E-state index contributed by atoms with van der Waals surface area (Å²) in [5.41, 5.74) is 1.38. The normalized spacial score (nSPS) is 12.5. The van der Waals surface area contributed by atoms with Crippen LogP contribution in [-0.2, 0) is 11.3 Å². The molecule has 3 rings (SSSR count). The summed E-state index contributed by atoms with van der Waals surface area (Å²) in [6.07, 6.45) is 1.00. The highest BCUT2D eigenvalue weighted by Gasteiger charge is 2.15. The van der Waals surface area contributed by atoms with Crippen LogP contribution in [0, 0.1) is 5.82 Å². The van der Waals surface area contributed by atoms with E-state index in [1.165, 1.54) is 12.1 Å². The van der Waals surface area contributed by atoms with E-state index in [2.05, 4.69) is 5.32 Å². The van der Waals surface area contributed by atoms with Gasteiger partial charge in [-0.25, -0.2) is 4.39 Å². The summed E-state index contributed by atoms with van der Waals surface area (Å²) >= 11 is 0. The maximum absolute atomic E-state index is 12.8. The lowest BCUT2D eigenvalue weighted by Crippen LogP contribution is -2.22. The molecule has 26 heavy (non-hydrogen) atoms. The largest absolute Gasteiger partial charge is 0.486 e. The molecule has 0 saturated carbocycles. The van der Waals surface area contributed by atoms with Gasteiger partial charge in [-0.1, -0.05) is 12.1 Å². The number of amides is 1. The standard InChI is InChI=1S/C20H20FNO4/c21-16-7-4-14(5-8-16)13-22-20(24)3-1-2-17(23)15-6-9-18-19(12-15)26-11-10-25-18/h4-9,12H,1-3,10-11,13H2,(H,22,24). The number of Topliss-reactive ketones (excluding diaryl/α,β-unsaturated/α-hetero) is 1. The van der Waals surface area contributed by atoms with Crippen LogP contribution >= 0.6 is 0 Å². The molecule has 0 saturated heterocycles. The lowest BCUT2D eigenvalue weighted by molar-refractivity contribution is -0.121. The second-order valence-electron chi connectivity index (χ2n) is 6.04. The van der Waals surface area contributed by atoms with Gasteiger partial charge in [-0.2, -0.15) is 0 Å². The maximum atomic E-state index is 12.8. The second-order valence-corrected chi connectivity index (χ2v) is 6.04. The van der Waals surface area contributed by atoms with Crippen molar-refractivity contribution in [1.29, 1.82) is 0 Å². The Morgan fingerprint density at radius 1 is 0.962 bits per heavy atom. The first kappa shape index (κ1) is 17.9. The average Bonchev–Trinajstić information content (AvgIpc) is 2.67. The molecule has 5 nitrogen and oxygen atoms in total. The average molecular weight is 357 g/mol. The summed E-state index contributed by atoms with van der Waals surface area (Å²) < 4.78 is 23.7. The fourth-order valence-corrected chi connectivity index (χ4v) is 2.66. The van der Waals surface area contributed by atoms with E-state index < -0.39 is 0 Å². The Labute approximate surface area is 151 Å². The third kappa shape index (κ3) is 4.81. The summed E-state index contributed by atoms with van der Waals surface area (Å²) in [5.74, 6) is 0.752. The van der Waals surface area contributed by atoms with Gasteiger partial charge in [-0.3, -0.25) is 9.59 Å². The molecule has 2 aromatic rings. The monoisotopic (exact) mass is 357 g/mol. The molecule has 0 spiro atoms. The number of nitrogens with one attached hydrogen (secondary N) is 1. The molecule has 0 atom stereocenters. The summed E-state index contributed by atoms with van der Waals surface area (Å²) in [6.45, 7) is 1.32. The number of fused-ring (bicyclic) bond motifs is 1.